The summed E-state index contributed by atoms with van der Waals surface area (Å²) < 4.78 is 26.1. The van der Waals surface area contributed by atoms with Gasteiger partial charge in [0.2, 0.25) is 15.9 Å². The topological polar surface area (TPSA) is 66.5 Å². The van der Waals surface area contributed by atoms with E-state index in [1.807, 2.05) is 31.2 Å². The van der Waals surface area contributed by atoms with Crippen LogP contribution in [0.25, 0.3) is 10.8 Å². The van der Waals surface area contributed by atoms with Crippen LogP contribution in [-0.2, 0) is 14.8 Å². The van der Waals surface area contributed by atoms with E-state index in [2.05, 4.69) is 5.32 Å². The van der Waals surface area contributed by atoms with Crippen molar-refractivity contribution in [3.8, 4) is 0 Å². The highest BCUT2D eigenvalue weighted by Crippen LogP contribution is 2.21. The minimum absolute atomic E-state index is 0.185. The van der Waals surface area contributed by atoms with E-state index in [0.717, 1.165) is 21.5 Å². The SMILES string of the molecule is CCCNC(=O)CN(C)S(=O)(=O)c1ccc2ccccc2c1. The Morgan fingerprint density at radius 2 is 1.82 bits per heavy atom. The van der Waals surface area contributed by atoms with Gasteiger partial charge in [-0.3, -0.25) is 4.79 Å². The first kappa shape index (κ1) is 16.5. The van der Waals surface area contributed by atoms with Gasteiger partial charge in [-0.2, -0.15) is 4.31 Å². The molecule has 1 N–H and O–H groups in total. The molecule has 1 amide bonds. The van der Waals surface area contributed by atoms with E-state index < -0.39 is 10.0 Å². The summed E-state index contributed by atoms with van der Waals surface area (Å²) in [5.41, 5.74) is 0. The van der Waals surface area contributed by atoms with Gasteiger partial charge in [0.05, 0.1) is 11.4 Å². The predicted molar refractivity (Wildman–Crippen MR) is 87.1 cm³/mol. The number of carbonyl (C=O) groups is 1. The van der Waals surface area contributed by atoms with Crippen molar-refractivity contribution in [2.75, 3.05) is 20.1 Å². The first-order valence-corrected chi connectivity index (χ1v) is 8.61. The summed E-state index contributed by atoms with van der Waals surface area (Å²) in [5.74, 6) is -0.297. The highest BCUT2D eigenvalue weighted by Gasteiger charge is 2.22. The van der Waals surface area contributed by atoms with Gasteiger partial charge in [0.1, 0.15) is 0 Å². The van der Waals surface area contributed by atoms with Crippen molar-refractivity contribution in [1.82, 2.24) is 9.62 Å². The Morgan fingerprint density at radius 3 is 2.50 bits per heavy atom. The van der Waals surface area contributed by atoms with Gasteiger partial charge >= 0.3 is 0 Å². The highest BCUT2D eigenvalue weighted by molar-refractivity contribution is 7.89. The molecular formula is C16H20N2O3S. The number of rotatable bonds is 6. The quantitative estimate of drug-likeness (QED) is 0.885. The van der Waals surface area contributed by atoms with Crippen LogP contribution in [0.15, 0.2) is 47.4 Å². The predicted octanol–water partition coefficient (Wildman–Crippen LogP) is 1.99. The molecule has 0 saturated carbocycles. The number of hydrogen-bond donors (Lipinski definition) is 1. The van der Waals surface area contributed by atoms with E-state index >= 15 is 0 Å². The van der Waals surface area contributed by atoms with E-state index in [0.29, 0.717) is 6.54 Å². The van der Waals surface area contributed by atoms with E-state index in [9.17, 15) is 13.2 Å². The number of carbonyl (C=O) groups excluding carboxylic acids is 1. The fraction of sp³-hybridized carbons (Fsp3) is 0.312. The Balaban J connectivity index is 2.22. The van der Waals surface area contributed by atoms with Crippen LogP contribution in [0.3, 0.4) is 0 Å². The van der Waals surface area contributed by atoms with Gasteiger partial charge in [-0.25, -0.2) is 8.42 Å². The average molecular weight is 320 g/mol. The lowest BCUT2D eigenvalue weighted by Crippen LogP contribution is -2.38. The maximum Gasteiger partial charge on any atom is 0.243 e. The van der Waals surface area contributed by atoms with Crippen LogP contribution in [0.5, 0.6) is 0 Å². The number of nitrogens with one attached hydrogen (secondary N) is 1. The van der Waals surface area contributed by atoms with E-state index in [1.54, 1.807) is 18.2 Å². The van der Waals surface area contributed by atoms with Crippen molar-refractivity contribution in [2.45, 2.75) is 18.2 Å². The molecule has 0 aromatic heterocycles. The van der Waals surface area contributed by atoms with Gasteiger partial charge in [0.15, 0.2) is 0 Å². The van der Waals surface area contributed by atoms with Gasteiger partial charge in [-0.15, -0.1) is 0 Å². The first-order chi connectivity index (χ1) is 10.4. The lowest BCUT2D eigenvalue weighted by atomic mass is 10.1. The number of sulfonamides is 1. The van der Waals surface area contributed by atoms with Crippen molar-refractivity contribution in [2.24, 2.45) is 0 Å². The van der Waals surface area contributed by atoms with E-state index in [4.69, 9.17) is 0 Å². The van der Waals surface area contributed by atoms with Gasteiger partial charge in [0.25, 0.3) is 0 Å². The number of fused-ring (bicyclic) bond motifs is 1. The van der Waals surface area contributed by atoms with Crippen LogP contribution >= 0.6 is 0 Å². The smallest absolute Gasteiger partial charge is 0.243 e. The molecule has 118 valence electrons. The second-order valence-corrected chi connectivity index (χ2v) is 7.16. The molecule has 0 aliphatic heterocycles. The molecule has 6 heteroatoms. The van der Waals surface area contributed by atoms with Crippen LogP contribution in [0.2, 0.25) is 0 Å². The molecule has 22 heavy (non-hydrogen) atoms. The van der Waals surface area contributed by atoms with Gasteiger partial charge in [0, 0.05) is 13.6 Å². The molecule has 0 unspecified atom stereocenters. The zero-order chi connectivity index (χ0) is 16.2. The molecule has 0 fully saturated rings. The molecule has 0 bridgehead atoms. The summed E-state index contributed by atoms with van der Waals surface area (Å²) in [5, 5.41) is 4.50. The molecule has 0 aliphatic carbocycles. The zero-order valence-corrected chi connectivity index (χ0v) is 13.6. The van der Waals surface area contributed by atoms with Crippen molar-refractivity contribution >= 4 is 26.7 Å². The molecule has 5 nitrogen and oxygen atoms in total. The number of likely N-dealkylation sites (N-methyl/N-ethyl adjacent to an activating group) is 1. The minimum atomic E-state index is -3.68. The van der Waals surface area contributed by atoms with Gasteiger partial charge < -0.3 is 5.32 Å². The maximum absolute atomic E-state index is 12.5. The summed E-state index contributed by atoms with van der Waals surface area (Å²) in [6, 6.07) is 12.5. The molecule has 2 aromatic rings. The molecule has 2 aromatic carbocycles. The van der Waals surface area contributed by atoms with Crippen molar-refractivity contribution in [1.29, 1.82) is 0 Å². The van der Waals surface area contributed by atoms with Crippen LogP contribution in [0, 0.1) is 0 Å². The Kier molecular flexibility index (Phi) is 5.15. The van der Waals surface area contributed by atoms with Crippen LogP contribution < -0.4 is 5.32 Å². The molecule has 2 rings (SSSR count). The Labute approximate surface area is 131 Å². The van der Waals surface area contributed by atoms with Crippen molar-refractivity contribution in [3.63, 3.8) is 0 Å². The lowest BCUT2D eigenvalue weighted by molar-refractivity contribution is -0.121. The Bertz CT molecular complexity index is 772. The highest BCUT2D eigenvalue weighted by atomic mass is 32.2. The number of hydrogen-bond acceptors (Lipinski definition) is 3. The molecule has 0 aliphatic rings. The van der Waals surface area contributed by atoms with Crippen LogP contribution in [0.4, 0.5) is 0 Å². The zero-order valence-electron chi connectivity index (χ0n) is 12.7. The lowest BCUT2D eigenvalue weighted by Gasteiger charge is -2.17. The summed E-state index contributed by atoms with van der Waals surface area (Å²) >= 11 is 0. The van der Waals surface area contributed by atoms with Gasteiger partial charge in [-0.05, 0) is 29.3 Å². The first-order valence-electron chi connectivity index (χ1n) is 7.17. The third-order valence-corrected chi connectivity index (χ3v) is 5.17. The summed E-state index contributed by atoms with van der Waals surface area (Å²) in [6.45, 7) is 2.30. The third kappa shape index (κ3) is 3.64. The summed E-state index contributed by atoms with van der Waals surface area (Å²) in [4.78, 5) is 11.9. The number of nitrogens with zero attached hydrogens (tertiary/aromatic N) is 1. The maximum atomic E-state index is 12.5. The second-order valence-electron chi connectivity index (χ2n) is 5.12. The second kappa shape index (κ2) is 6.89. The number of amides is 1. The molecule has 0 radical (unpaired) electrons. The molecule has 0 atom stereocenters. The summed E-state index contributed by atoms with van der Waals surface area (Å²) in [6.07, 6.45) is 0.812. The fourth-order valence-corrected chi connectivity index (χ4v) is 3.28. The molecule has 0 heterocycles. The Morgan fingerprint density at radius 1 is 1.14 bits per heavy atom. The standard InChI is InChI=1S/C16H20N2O3S/c1-3-10-17-16(19)12-18(2)22(20,21)15-9-8-13-6-4-5-7-14(13)11-15/h4-9,11H,3,10,12H2,1-2H3,(H,17,19). The molecular weight excluding hydrogens is 300 g/mol. The third-order valence-electron chi connectivity index (χ3n) is 3.37. The number of benzene rings is 2. The van der Waals surface area contributed by atoms with Crippen LogP contribution in [0.1, 0.15) is 13.3 Å². The fourth-order valence-electron chi connectivity index (χ4n) is 2.12. The minimum Gasteiger partial charge on any atom is -0.355 e. The largest absolute Gasteiger partial charge is 0.355 e. The average Bonchev–Trinajstić information content (AvgIpc) is 2.52. The van der Waals surface area contributed by atoms with E-state index in [1.165, 1.54) is 7.05 Å². The van der Waals surface area contributed by atoms with E-state index in [-0.39, 0.29) is 17.3 Å². The summed E-state index contributed by atoms with van der Waals surface area (Å²) in [7, 11) is -2.27. The van der Waals surface area contributed by atoms with Crippen molar-refractivity contribution < 1.29 is 13.2 Å². The Hall–Kier alpha value is -1.92. The van der Waals surface area contributed by atoms with Gasteiger partial charge in [-0.1, -0.05) is 37.3 Å². The molecule has 0 spiro atoms. The monoisotopic (exact) mass is 320 g/mol. The van der Waals surface area contributed by atoms with Crippen molar-refractivity contribution in [3.05, 3.63) is 42.5 Å². The van der Waals surface area contributed by atoms with Crippen LogP contribution in [-0.4, -0.2) is 38.8 Å². The molecule has 0 saturated heterocycles. The normalized spacial score (nSPS) is 11.8.